The number of para-hydroxylation sites is 2. The average molecular weight is 440 g/mol. The monoisotopic (exact) mass is 439 g/mol. The summed E-state index contributed by atoms with van der Waals surface area (Å²) in [6.45, 7) is 2.73. The number of carbonyl (C=O) groups is 1. The predicted octanol–water partition coefficient (Wildman–Crippen LogP) is 5.31. The van der Waals surface area contributed by atoms with Crippen molar-refractivity contribution in [3.05, 3.63) is 54.9 Å². The van der Waals surface area contributed by atoms with Gasteiger partial charge >= 0.3 is 6.01 Å². The van der Waals surface area contributed by atoms with Crippen LogP contribution < -0.4 is 9.80 Å². The van der Waals surface area contributed by atoms with Crippen molar-refractivity contribution in [2.75, 3.05) is 16.3 Å². The quantitative estimate of drug-likeness (QED) is 0.431. The number of rotatable bonds is 4. The Labute approximate surface area is 191 Å². The largest absolute Gasteiger partial charge is 0.423 e. The SMILES string of the molecule is C[C@H]1CN(c2nc3ccccc3o2)c2cc(-c3cnn(C4CC4)c3)ccc2N1C(=O)C1CC1. The van der Waals surface area contributed by atoms with Crippen molar-refractivity contribution in [3.8, 4) is 11.1 Å². The summed E-state index contributed by atoms with van der Waals surface area (Å²) in [4.78, 5) is 22.1. The van der Waals surface area contributed by atoms with Crippen LogP contribution in [0.1, 0.15) is 38.6 Å². The third-order valence-corrected chi connectivity index (χ3v) is 6.95. The Morgan fingerprint density at radius 1 is 1.03 bits per heavy atom. The number of hydrogen-bond donors (Lipinski definition) is 0. The Morgan fingerprint density at radius 2 is 1.88 bits per heavy atom. The van der Waals surface area contributed by atoms with Gasteiger partial charge in [-0.05, 0) is 62.4 Å². The van der Waals surface area contributed by atoms with Crippen LogP contribution in [0.2, 0.25) is 0 Å². The molecule has 166 valence electrons. The maximum Gasteiger partial charge on any atom is 0.303 e. The highest BCUT2D eigenvalue weighted by molar-refractivity contribution is 6.02. The highest BCUT2D eigenvalue weighted by Crippen LogP contribution is 2.45. The van der Waals surface area contributed by atoms with E-state index in [-0.39, 0.29) is 17.9 Å². The first kappa shape index (κ1) is 18.9. The number of fused-ring (bicyclic) bond motifs is 2. The number of aromatic nitrogens is 3. The molecule has 4 aromatic rings. The smallest absolute Gasteiger partial charge is 0.303 e. The normalized spacial score (nSPS) is 20.3. The third kappa shape index (κ3) is 3.14. The van der Waals surface area contributed by atoms with Gasteiger partial charge in [0.25, 0.3) is 0 Å². The topological polar surface area (TPSA) is 67.4 Å². The molecule has 2 aromatic carbocycles. The first-order chi connectivity index (χ1) is 16.2. The van der Waals surface area contributed by atoms with E-state index in [2.05, 4.69) is 46.0 Å². The Bertz CT molecular complexity index is 1350. The molecule has 0 spiro atoms. The number of oxazole rings is 1. The highest BCUT2D eigenvalue weighted by atomic mass is 16.4. The van der Waals surface area contributed by atoms with Crippen molar-refractivity contribution in [2.45, 2.75) is 44.7 Å². The summed E-state index contributed by atoms with van der Waals surface area (Å²) in [5, 5.41) is 4.57. The molecule has 2 saturated carbocycles. The van der Waals surface area contributed by atoms with Gasteiger partial charge in [0, 0.05) is 24.2 Å². The zero-order valence-corrected chi connectivity index (χ0v) is 18.5. The van der Waals surface area contributed by atoms with E-state index in [1.807, 2.05) is 35.4 Å². The van der Waals surface area contributed by atoms with Crippen LogP contribution in [0.25, 0.3) is 22.2 Å². The van der Waals surface area contributed by atoms with Crippen LogP contribution in [0.15, 0.2) is 59.3 Å². The minimum Gasteiger partial charge on any atom is -0.423 e. The molecule has 0 N–H and O–H groups in total. The number of amides is 1. The molecule has 7 nitrogen and oxygen atoms in total. The second kappa shape index (κ2) is 6.94. The Kier molecular flexibility index (Phi) is 3.98. The molecule has 3 heterocycles. The third-order valence-electron chi connectivity index (χ3n) is 6.95. The van der Waals surface area contributed by atoms with Gasteiger partial charge in [0.1, 0.15) is 5.52 Å². The maximum atomic E-state index is 13.2. The molecule has 3 aliphatic rings. The van der Waals surface area contributed by atoms with E-state index in [0.717, 1.165) is 46.4 Å². The first-order valence-corrected chi connectivity index (χ1v) is 11.8. The van der Waals surface area contributed by atoms with Crippen LogP contribution in [0.3, 0.4) is 0 Å². The lowest BCUT2D eigenvalue weighted by atomic mass is 10.0. The summed E-state index contributed by atoms with van der Waals surface area (Å²) in [6.07, 6.45) is 8.44. The van der Waals surface area contributed by atoms with Crippen molar-refractivity contribution in [3.63, 3.8) is 0 Å². The van der Waals surface area contributed by atoms with Gasteiger partial charge in [0.15, 0.2) is 5.58 Å². The van der Waals surface area contributed by atoms with Crippen LogP contribution >= 0.6 is 0 Å². The van der Waals surface area contributed by atoms with Gasteiger partial charge in [-0.1, -0.05) is 18.2 Å². The van der Waals surface area contributed by atoms with Gasteiger partial charge < -0.3 is 9.32 Å². The molecule has 0 unspecified atom stereocenters. The zero-order valence-electron chi connectivity index (χ0n) is 18.5. The second-order valence-corrected chi connectivity index (χ2v) is 9.55. The predicted molar refractivity (Wildman–Crippen MR) is 127 cm³/mol. The molecular weight excluding hydrogens is 414 g/mol. The molecule has 2 aromatic heterocycles. The van der Waals surface area contributed by atoms with E-state index in [4.69, 9.17) is 9.40 Å². The zero-order chi connectivity index (χ0) is 22.1. The number of nitrogens with zero attached hydrogens (tertiary/aromatic N) is 5. The second-order valence-electron chi connectivity index (χ2n) is 9.55. The summed E-state index contributed by atoms with van der Waals surface area (Å²) in [5.74, 6) is 0.392. The fourth-order valence-electron chi connectivity index (χ4n) is 4.85. The highest BCUT2D eigenvalue weighted by Gasteiger charge is 2.41. The van der Waals surface area contributed by atoms with Crippen LogP contribution in [0, 0.1) is 5.92 Å². The van der Waals surface area contributed by atoms with Gasteiger partial charge in [-0.3, -0.25) is 14.4 Å². The first-order valence-electron chi connectivity index (χ1n) is 11.8. The molecule has 0 radical (unpaired) electrons. The van der Waals surface area contributed by atoms with E-state index in [0.29, 0.717) is 18.6 Å². The van der Waals surface area contributed by atoms with Crippen LogP contribution in [0.5, 0.6) is 0 Å². The summed E-state index contributed by atoms with van der Waals surface area (Å²) in [7, 11) is 0. The van der Waals surface area contributed by atoms with Crippen LogP contribution in [-0.4, -0.2) is 33.3 Å². The molecule has 1 atom stereocenters. The molecule has 2 fully saturated rings. The van der Waals surface area contributed by atoms with Gasteiger partial charge in [-0.15, -0.1) is 0 Å². The van der Waals surface area contributed by atoms with E-state index in [1.54, 1.807) is 0 Å². The standard InChI is InChI=1S/C26H25N5O2/c1-16-14-29(26-28-21-4-2-3-5-24(21)33-26)23-12-18(19-13-27-30(15-19)20-9-10-20)8-11-22(23)31(16)25(32)17-6-7-17/h2-5,8,11-13,15-17,20H,6-7,9-10,14H2,1H3/t16-/m0/s1. The summed E-state index contributed by atoms with van der Waals surface area (Å²) < 4.78 is 8.22. The lowest BCUT2D eigenvalue weighted by Crippen LogP contribution is -2.49. The molecule has 0 saturated heterocycles. The molecule has 7 heteroatoms. The minimum absolute atomic E-state index is 0.0177. The molecular formula is C26H25N5O2. The lowest BCUT2D eigenvalue weighted by molar-refractivity contribution is -0.120. The van der Waals surface area contributed by atoms with Gasteiger partial charge in [-0.2, -0.15) is 10.1 Å². The number of carbonyl (C=O) groups excluding carboxylic acids is 1. The molecule has 1 amide bonds. The van der Waals surface area contributed by atoms with Gasteiger partial charge in [0.2, 0.25) is 5.91 Å². The number of hydrogen-bond acceptors (Lipinski definition) is 5. The number of benzene rings is 2. The van der Waals surface area contributed by atoms with Gasteiger partial charge in [0.05, 0.1) is 29.7 Å². The maximum absolute atomic E-state index is 13.2. The molecule has 1 aliphatic heterocycles. The molecule has 7 rings (SSSR count). The Balaban J connectivity index is 1.35. The van der Waals surface area contributed by atoms with Crippen molar-refractivity contribution < 1.29 is 9.21 Å². The summed E-state index contributed by atoms with van der Waals surface area (Å²) in [6, 6.07) is 15.3. The van der Waals surface area contributed by atoms with E-state index < -0.39 is 0 Å². The average Bonchev–Trinajstić information content (AvgIpc) is 3.77. The molecule has 33 heavy (non-hydrogen) atoms. The van der Waals surface area contributed by atoms with Crippen molar-refractivity contribution in [1.82, 2.24) is 14.8 Å². The summed E-state index contributed by atoms with van der Waals surface area (Å²) in [5.41, 5.74) is 5.63. The fraction of sp³-hybridized carbons (Fsp3) is 0.346. The Hall–Kier alpha value is -3.61. The van der Waals surface area contributed by atoms with Crippen molar-refractivity contribution >= 4 is 34.4 Å². The van der Waals surface area contributed by atoms with Crippen LogP contribution in [0.4, 0.5) is 17.4 Å². The van der Waals surface area contributed by atoms with E-state index >= 15 is 0 Å². The fourth-order valence-corrected chi connectivity index (χ4v) is 4.85. The number of anilines is 3. The van der Waals surface area contributed by atoms with Crippen molar-refractivity contribution in [1.29, 1.82) is 0 Å². The lowest BCUT2D eigenvalue weighted by Gasteiger charge is -2.40. The van der Waals surface area contributed by atoms with Crippen LogP contribution in [-0.2, 0) is 4.79 Å². The van der Waals surface area contributed by atoms with E-state index in [1.165, 1.54) is 12.8 Å². The molecule has 2 aliphatic carbocycles. The van der Waals surface area contributed by atoms with Gasteiger partial charge in [-0.25, -0.2) is 0 Å². The molecule has 0 bridgehead atoms. The van der Waals surface area contributed by atoms with E-state index in [9.17, 15) is 4.79 Å². The summed E-state index contributed by atoms with van der Waals surface area (Å²) >= 11 is 0. The Morgan fingerprint density at radius 3 is 2.67 bits per heavy atom. The van der Waals surface area contributed by atoms with Crippen molar-refractivity contribution in [2.24, 2.45) is 5.92 Å². The minimum atomic E-state index is 0.0177.